The van der Waals surface area contributed by atoms with Crippen LogP contribution in [0.2, 0.25) is 0 Å². The first kappa shape index (κ1) is 30.4. The van der Waals surface area contributed by atoms with Gasteiger partial charge in [-0.25, -0.2) is 8.42 Å². The first-order valence-corrected chi connectivity index (χ1v) is 16.4. The normalized spacial score (nSPS) is 24.4. The minimum Gasteiger partial charge on any atom is -0.507 e. The van der Waals surface area contributed by atoms with Crippen LogP contribution in [0.15, 0.2) is 59.0 Å². The number of sulfonamides is 1. The molecule has 0 aromatic heterocycles. The maximum absolute atomic E-state index is 14.5. The number of carbonyl (C=O) groups excluding carboxylic acids is 3. The van der Waals surface area contributed by atoms with Crippen molar-refractivity contribution in [1.82, 2.24) is 14.1 Å². The highest BCUT2D eigenvalue weighted by molar-refractivity contribution is 7.89. The zero-order valence-electron chi connectivity index (χ0n) is 24.6. The maximum atomic E-state index is 14.5. The summed E-state index contributed by atoms with van der Waals surface area (Å²) in [5.41, 5.74) is -1.03. The number of amides is 2. The summed E-state index contributed by atoms with van der Waals surface area (Å²) < 4.78 is 38.4. The highest BCUT2D eigenvalue weighted by atomic mass is 32.2. The number of ketones is 1. The number of ether oxygens (including phenoxy) is 2. The van der Waals surface area contributed by atoms with Gasteiger partial charge in [0.05, 0.1) is 42.6 Å². The molecule has 4 aliphatic heterocycles. The van der Waals surface area contributed by atoms with Gasteiger partial charge in [-0.15, -0.1) is 0 Å². The SMILES string of the molecule is CCCN1C(=O)C2(/C(=C(/O)c3ccc(S(=O)(=O)N4CCOCC4)cc3)C(=O)C(=O)N2CCN2CCOCC2)c2ccccc21. The second kappa shape index (κ2) is 12.1. The number of nitrogens with zero attached hydrogens (tertiary/aromatic N) is 4. The largest absolute Gasteiger partial charge is 0.507 e. The van der Waals surface area contributed by atoms with E-state index >= 15 is 0 Å². The number of aliphatic hydroxyl groups excluding tert-OH is 1. The first-order valence-electron chi connectivity index (χ1n) is 14.9. The van der Waals surface area contributed by atoms with Gasteiger partial charge >= 0.3 is 0 Å². The lowest BCUT2D eigenvalue weighted by Crippen LogP contribution is -2.54. The Balaban J connectivity index is 1.46. The van der Waals surface area contributed by atoms with Crippen LogP contribution in [-0.2, 0) is 39.4 Å². The molecule has 0 bridgehead atoms. The van der Waals surface area contributed by atoms with Crippen LogP contribution in [0.4, 0.5) is 5.69 Å². The van der Waals surface area contributed by atoms with Crippen molar-refractivity contribution in [3.05, 3.63) is 65.2 Å². The average molecular weight is 625 g/mol. The summed E-state index contributed by atoms with van der Waals surface area (Å²) in [5, 5.41) is 11.8. The predicted octanol–water partition coefficient (Wildman–Crippen LogP) is 1.37. The van der Waals surface area contributed by atoms with Gasteiger partial charge in [0, 0.05) is 56.9 Å². The highest BCUT2D eigenvalue weighted by Crippen LogP contribution is 2.53. The van der Waals surface area contributed by atoms with Crippen molar-refractivity contribution in [2.75, 3.05) is 77.1 Å². The third-order valence-electron chi connectivity index (χ3n) is 8.74. The number of anilines is 1. The number of fused-ring (bicyclic) bond motifs is 2. The Bertz CT molecular complexity index is 1600. The number of likely N-dealkylation sites (tertiary alicyclic amines) is 1. The van der Waals surface area contributed by atoms with E-state index in [2.05, 4.69) is 4.90 Å². The van der Waals surface area contributed by atoms with E-state index in [9.17, 15) is 27.9 Å². The van der Waals surface area contributed by atoms with Gasteiger partial charge in [0.2, 0.25) is 10.0 Å². The summed E-state index contributed by atoms with van der Waals surface area (Å²) >= 11 is 0. The molecule has 2 aromatic carbocycles. The van der Waals surface area contributed by atoms with Crippen molar-refractivity contribution in [2.45, 2.75) is 23.8 Å². The number of para-hydroxylation sites is 1. The van der Waals surface area contributed by atoms with Crippen LogP contribution in [0.1, 0.15) is 24.5 Å². The number of morpholine rings is 2. The van der Waals surface area contributed by atoms with E-state index in [-0.39, 0.29) is 35.7 Å². The zero-order valence-corrected chi connectivity index (χ0v) is 25.4. The molecule has 3 fully saturated rings. The van der Waals surface area contributed by atoms with Gasteiger partial charge in [-0.05, 0) is 36.8 Å². The Morgan fingerprint density at radius 1 is 0.864 bits per heavy atom. The third-order valence-corrected chi connectivity index (χ3v) is 10.6. The Labute approximate surface area is 256 Å². The molecule has 1 spiro atoms. The molecule has 0 aliphatic carbocycles. The molecule has 4 aliphatic rings. The zero-order chi connectivity index (χ0) is 31.1. The minimum atomic E-state index is -3.80. The summed E-state index contributed by atoms with van der Waals surface area (Å²) in [4.78, 5) is 47.2. The van der Waals surface area contributed by atoms with Crippen molar-refractivity contribution in [2.24, 2.45) is 0 Å². The van der Waals surface area contributed by atoms with Crippen LogP contribution < -0.4 is 4.90 Å². The third kappa shape index (κ3) is 4.83. The van der Waals surface area contributed by atoms with Crippen molar-refractivity contribution in [3.8, 4) is 0 Å². The number of carbonyl (C=O) groups is 3. The predicted molar refractivity (Wildman–Crippen MR) is 160 cm³/mol. The number of hydrogen-bond acceptors (Lipinski definition) is 9. The van der Waals surface area contributed by atoms with Gasteiger partial charge < -0.3 is 24.4 Å². The van der Waals surface area contributed by atoms with Crippen LogP contribution >= 0.6 is 0 Å². The lowest BCUT2D eigenvalue weighted by Gasteiger charge is -2.36. The Morgan fingerprint density at radius 3 is 2.16 bits per heavy atom. The second-order valence-electron chi connectivity index (χ2n) is 11.2. The molecule has 1 unspecified atom stereocenters. The van der Waals surface area contributed by atoms with E-state index in [1.54, 1.807) is 29.2 Å². The number of aliphatic hydroxyl groups is 1. The summed E-state index contributed by atoms with van der Waals surface area (Å²) in [6.45, 7) is 6.26. The Kier molecular flexibility index (Phi) is 8.33. The smallest absolute Gasteiger partial charge is 0.296 e. The van der Waals surface area contributed by atoms with Crippen molar-refractivity contribution >= 4 is 39.1 Å². The molecule has 3 saturated heterocycles. The van der Waals surface area contributed by atoms with E-state index in [0.717, 1.165) is 0 Å². The van der Waals surface area contributed by atoms with E-state index in [1.807, 2.05) is 6.92 Å². The lowest BCUT2D eigenvalue weighted by atomic mass is 9.82. The topological polar surface area (TPSA) is 137 Å². The van der Waals surface area contributed by atoms with Crippen molar-refractivity contribution in [3.63, 3.8) is 0 Å². The summed E-state index contributed by atoms with van der Waals surface area (Å²) in [7, 11) is -3.80. The van der Waals surface area contributed by atoms with E-state index < -0.39 is 38.9 Å². The molecular weight excluding hydrogens is 588 g/mol. The molecule has 0 radical (unpaired) electrons. The fourth-order valence-corrected chi connectivity index (χ4v) is 7.95. The fraction of sp³-hybridized carbons (Fsp3) is 0.452. The van der Waals surface area contributed by atoms with Crippen LogP contribution in [-0.4, -0.2) is 117 Å². The molecule has 13 heteroatoms. The molecule has 1 atom stereocenters. The first-order chi connectivity index (χ1) is 21.2. The molecule has 12 nitrogen and oxygen atoms in total. The van der Waals surface area contributed by atoms with Crippen LogP contribution in [0, 0.1) is 0 Å². The molecule has 4 heterocycles. The summed E-state index contributed by atoms with van der Waals surface area (Å²) in [5.74, 6) is -2.84. The quantitative estimate of drug-likeness (QED) is 0.262. The van der Waals surface area contributed by atoms with Gasteiger partial charge in [0.25, 0.3) is 17.6 Å². The monoisotopic (exact) mass is 624 g/mol. The number of Topliss-reactive ketones (excluding diaryl/α,β-unsaturated/α-hetero) is 1. The van der Waals surface area contributed by atoms with Gasteiger partial charge in [-0.2, -0.15) is 4.31 Å². The highest BCUT2D eigenvalue weighted by Gasteiger charge is 2.67. The fourth-order valence-electron chi connectivity index (χ4n) is 6.54. The standard InChI is InChI=1S/C31H36N4O8S/c1-2-11-34-25-6-4-3-5-24(25)31(30(34)39)26(28(37)29(38)35(31)13-12-32-14-18-42-19-15-32)27(36)22-7-9-23(10-8-22)44(40,41)33-16-20-43-21-17-33/h3-10,36H,2,11-21H2,1H3/b27-26+. The number of hydrogen-bond donors (Lipinski definition) is 1. The number of rotatable bonds is 8. The summed E-state index contributed by atoms with van der Waals surface area (Å²) in [6.07, 6.45) is 0.635. The molecule has 1 N–H and O–H groups in total. The van der Waals surface area contributed by atoms with E-state index in [4.69, 9.17) is 9.47 Å². The molecule has 0 saturated carbocycles. The van der Waals surface area contributed by atoms with Gasteiger partial charge in [0.15, 0.2) is 5.54 Å². The van der Waals surface area contributed by atoms with Crippen molar-refractivity contribution < 1.29 is 37.4 Å². The molecule has 2 amide bonds. The van der Waals surface area contributed by atoms with Gasteiger partial charge in [-0.3, -0.25) is 19.3 Å². The molecule has 234 valence electrons. The maximum Gasteiger partial charge on any atom is 0.296 e. The van der Waals surface area contributed by atoms with Crippen LogP contribution in [0.25, 0.3) is 5.76 Å². The Hall–Kier alpha value is -3.62. The van der Waals surface area contributed by atoms with Crippen molar-refractivity contribution in [1.29, 1.82) is 0 Å². The minimum absolute atomic E-state index is 0.0213. The summed E-state index contributed by atoms with van der Waals surface area (Å²) in [6, 6.07) is 12.5. The molecular formula is C31H36N4O8S. The number of benzene rings is 2. The molecule has 44 heavy (non-hydrogen) atoms. The lowest BCUT2D eigenvalue weighted by molar-refractivity contribution is -0.144. The van der Waals surface area contributed by atoms with Gasteiger partial charge in [-0.1, -0.05) is 25.1 Å². The van der Waals surface area contributed by atoms with E-state index in [0.29, 0.717) is 70.3 Å². The van der Waals surface area contributed by atoms with Gasteiger partial charge in [0.1, 0.15) is 5.76 Å². The van der Waals surface area contributed by atoms with Crippen LogP contribution in [0.3, 0.4) is 0 Å². The molecule has 2 aromatic rings. The average Bonchev–Trinajstić information content (AvgIpc) is 3.43. The Morgan fingerprint density at radius 2 is 1.50 bits per heavy atom. The van der Waals surface area contributed by atoms with E-state index in [1.165, 1.54) is 33.5 Å². The second-order valence-corrected chi connectivity index (χ2v) is 13.1. The molecule has 6 rings (SSSR count). The van der Waals surface area contributed by atoms with Crippen LogP contribution in [0.5, 0.6) is 0 Å².